The number of benzene rings is 2. The standard InChI is InChI=1S/C18H19ClN2O3S/c1-13-7-9-14(10-8-13)25(23,24)20-12-11-18(19)15-5-3-4-6-16(15)21(2)17(18)22/h3-10,20H,11-12H2,1-2H3. The number of aryl methyl sites for hydroxylation is 1. The molecule has 0 fully saturated rings. The molecule has 1 amide bonds. The van der Waals surface area contributed by atoms with Crippen molar-refractivity contribution in [3.63, 3.8) is 0 Å². The summed E-state index contributed by atoms with van der Waals surface area (Å²) >= 11 is 6.62. The van der Waals surface area contributed by atoms with Crippen molar-refractivity contribution in [2.75, 3.05) is 18.5 Å². The number of carbonyl (C=O) groups is 1. The van der Waals surface area contributed by atoms with Gasteiger partial charge in [-0.15, -0.1) is 11.6 Å². The lowest BCUT2D eigenvalue weighted by Gasteiger charge is -2.20. The molecule has 1 aliphatic heterocycles. The Hall–Kier alpha value is -1.89. The molecule has 0 saturated carbocycles. The highest BCUT2D eigenvalue weighted by atomic mass is 35.5. The van der Waals surface area contributed by atoms with Crippen molar-refractivity contribution >= 4 is 33.2 Å². The lowest BCUT2D eigenvalue weighted by atomic mass is 9.96. The number of likely N-dealkylation sites (N-methyl/N-ethyl adjacent to an activating group) is 1. The van der Waals surface area contributed by atoms with Gasteiger partial charge in [-0.05, 0) is 31.5 Å². The Morgan fingerprint density at radius 3 is 2.44 bits per heavy atom. The van der Waals surface area contributed by atoms with Crippen LogP contribution >= 0.6 is 11.6 Å². The first-order chi connectivity index (χ1) is 11.8. The number of fused-ring (bicyclic) bond motifs is 1. The number of rotatable bonds is 5. The summed E-state index contributed by atoms with van der Waals surface area (Å²) in [6.45, 7) is 1.95. The van der Waals surface area contributed by atoms with Gasteiger partial charge in [0.25, 0.3) is 5.91 Å². The second kappa shape index (κ2) is 6.44. The first-order valence-corrected chi connectivity index (χ1v) is 9.75. The summed E-state index contributed by atoms with van der Waals surface area (Å²) in [5, 5.41) is 0. The summed E-state index contributed by atoms with van der Waals surface area (Å²) in [5.74, 6) is -0.245. The number of alkyl halides is 1. The van der Waals surface area contributed by atoms with Crippen molar-refractivity contribution in [3.8, 4) is 0 Å². The number of nitrogens with one attached hydrogen (secondary N) is 1. The monoisotopic (exact) mass is 378 g/mol. The Morgan fingerprint density at radius 2 is 1.76 bits per heavy atom. The van der Waals surface area contributed by atoms with E-state index in [4.69, 9.17) is 11.6 Å². The Balaban J connectivity index is 1.75. The molecule has 2 aromatic carbocycles. The number of para-hydroxylation sites is 1. The summed E-state index contributed by atoms with van der Waals surface area (Å²) in [5.41, 5.74) is 2.44. The van der Waals surface area contributed by atoms with Gasteiger partial charge < -0.3 is 4.90 Å². The number of halogens is 1. The second-order valence-electron chi connectivity index (χ2n) is 6.14. The van der Waals surface area contributed by atoms with Gasteiger partial charge in [0.2, 0.25) is 10.0 Å². The van der Waals surface area contributed by atoms with Crippen LogP contribution < -0.4 is 9.62 Å². The second-order valence-corrected chi connectivity index (χ2v) is 8.56. The molecule has 1 heterocycles. The van der Waals surface area contributed by atoms with Crippen LogP contribution in [-0.2, 0) is 19.7 Å². The van der Waals surface area contributed by atoms with Crippen LogP contribution in [0.25, 0.3) is 0 Å². The molecule has 1 unspecified atom stereocenters. The molecular formula is C18H19ClN2O3S. The van der Waals surface area contributed by atoms with Crippen LogP contribution in [-0.4, -0.2) is 27.9 Å². The number of amides is 1. The summed E-state index contributed by atoms with van der Waals surface area (Å²) in [6.07, 6.45) is 0.167. The van der Waals surface area contributed by atoms with E-state index in [0.717, 1.165) is 11.3 Å². The molecule has 1 aliphatic rings. The summed E-state index contributed by atoms with van der Waals surface area (Å²) in [6, 6.07) is 13.9. The van der Waals surface area contributed by atoms with Crippen LogP contribution in [0.15, 0.2) is 53.4 Å². The van der Waals surface area contributed by atoms with Crippen molar-refractivity contribution in [1.29, 1.82) is 0 Å². The van der Waals surface area contributed by atoms with Crippen LogP contribution in [0.3, 0.4) is 0 Å². The maximum absolute atomic E-state index is 12.6. The van der Waals surface area contributed by atoms with Gasteiger partial charge in [0.05, 0.1) is 4.90 Å². The fraction of sp³-hybridized carbons (Fsp3) is 0.278. The average Bonchev–Trinajstić information content (AvgIpc) is 2.78. The van der Waals surface area contributed by atoms with Gasteiger partial charge in [0.15, 0.2) is 4.87 Å². The molecule has 1 atom stereocenters. The van der Waals surface area contributed by atoms with Gasteiger partial charge in [0, 0.05) is 24.8 Å². The normalized spacial score (nSPS) is 20.0. The molecule has 0 radical (unpaired) electrons. The van der Waals surface area contributed by atoms with Gasteiger partial charge in [-0.1, -0.05) is 35.9 Å². The van der Waals surface area contributed by atoms with E-state index in [1.54, 1.807) is 37.4 Å². The molecule has 0 aliphatic carbocycles. The first-order valence-electron chi connectivity index (χ1n) is 7.88. The zero-order chi connectivity index (χ0) is 18.2. The van der Waals surface area contributed by atoms with Crippen LogP contribution in [0, 0.1) is 6.92 Å². The summed E-state index contributed by atoms with van der Waals surface area (Å²) in [7, 11) is -1.97. The van der Waals surface area contributed by atoms with Crippen molar-refractivity contribution in [2.24, 2.45) is 0 Å². The zero-order valence-electron chi connectivity index (χ0n) is 14.0. The maximum atomic E-state index is 12.6. The quantitative estimate of drug-likeness (QED) is 0.813. The Bertz CT molecular complexity index is 912. The lowest BCUT2D eigenvalue weighted by Crippen LogP contribution is -2.37. The topological polar surface area (TPSA) is 66.5 Å². The third kappa shape index (κ3) is 3.17. The summed E-state index contributed by atoms with van der Waals surface area (Å²) in [4.78, 5) is 13.0. The third-order valence-corrected chi connectivity index (χ3v) is 6.46. The van der Waals surface area contributed by atoms with Crippen LogP contribution in [0.5, 0.6) is 0 Å². The van der Waals surface area contributed by atoms with Crippen LogP contribution in [0.2, 0.25) is 0 Å². The predicted molar refractivity (Wildman–Crippen MR) is 98.4 cm³/mol. The molecule has 0 saturated heterocycles. The molecule has 0 spiro atoms. The number of nitrogens with zero attached hydrogens (tertiary/aromatic N) is 1. The highest BCUT2D eigenvalue weighted by molar-refractivity contribution is 7.89. The predicted octanol–water partition coefficient (Wildman–Crippen LogP) is 2.77. The molecule has 7 heteroatoms. The first kappa shape index (κ1) is 17.9. The van der Waals surface area contributed by atoms with Crippen LogP contribution in [0.1, 0.15) is 17.5 Å². The van der Waals surface area contributed by atoms with Gasteiger partial charge in [-0.25, -0.2) is 13.1 Å². The van der Waals surface area contributed by atoms with E-state index in [1.807, 2.05) is 25.1 Å². The number of hydrogen-bond donors (Lipinski definition) is 1. The van der Waals surface area contributed by atoms with E-state index in [9.17, 15) is 13.2 Å². The SMILES string of the molecule is Cc1ccc(S(=O)(=O)NCCC2(Cl)C(=O)N(C)c3ccccc32)cc1. The molecule has 3 rings (SSSR count). The van der Waals surface area contributed by atoms with Gasteiger partial charge in [-0.2, -0.15) is 0 Å². The van der Waals surface area contributed by atoms with Gasteiger partial charge >= 0.3 is 0 Å². The lowest BCUT2D eigenvalue weighted by molar-refractivity contribution is -0.120. The van der Waals surface area contributed by atoms with E-state index in [2.05, 4.69) is 4.72 Å². The van der Waals surface area contributed by atoms with Crippen molar-refractivity contribution in [1.82, 2.24) is 4.72 Å². The summed E-state index contributed by atoms with van der Waals surface area (Å²) < 4.78 is 27.3. The minimum atomic E-state index is -3.64. The smallest absolute Gasteiger partial charge is 0.252 e. The molecule has 0 bridgehead atoms. The fourth-order valence-corrected chi connectivity index (χ4v) is 4.40. The highest BCUT2D eigenvalue weighted by Gasteiger charge is 2.47. The molecule has 2 aromatic rings. The van der Waals surface area contributed by atoms with E-state index >= 15 is 0 Å². The molecule has 1 N–H and O–H groups in total. The molecule has 5 nitrogen and oxygen atoms in total. The minimum absolute atomic E-state index is 0.0631. The Labute approximate surface area is 152 Å². The molecule has 25 heavy (non-hydrogen) atoms. The molecular weight excluding hydrogens is 360 g/mol. The number of anilines is 1. The zero-order valence-corrected chi connectivity index (χ0v) is 15.6. The van der Waals surface area contributed by atoms with E-state index < -0.39 is 14.9 Å². The van der Waals surface area contributed by atoms with Crippen molar-refractivity contribution in [2.45, 2.75) is 23.1 Å². The third-order valence-electron chi connectivity index (χ3n) is 4.43. The number of carbonyl (C=O) groups excluding carboxylic acids is 1. The number of sulfonamides is 1. The van der Waals surface area contributed by atoms with E-state index in [-0.39, 0.29) is 23.8 Å². The van der Waals surface area contributed by atoms with Crippen LogP contribution in [0.4, 0.5) is 5.69 Å². The van der Waals surface area contributed by atoms with E-state index in [0.29, 0.717) is 5.56 Å². The molecule has 0 aromatic heterocycles. The highest BCUT2D eigenvalue weighted by Crippen LogP contribution is 2.46. The van der Waals surface area contributed by atoms with Gasteiger partial charge in [0.1, 0.15) is 0 Å². The Morgan fingerprint density at radius 1 is 1.12 bits per heavy atom. The van der Waals surface area contributed by atoms with E-state index in [1.165, 1.54) is 4.90 Å². The minimum Gasteiger partial charge on any atom is -0.313 e. The van der Waals surface area contributed by atoms with Crippen molar-refractivity contribution in [3.05, 3.63) is 59.7 Å². The van der Waals surface area contributed by atoms with Crippen molar-refractivity contribution < 1.29 is 13.2 Å². The number of hydrogen-bond acceptors (Lipinski definition) is 3. The Kier molecular flexibility index (Phi) is 4.62. The van der Waals surface area contributed by atoms with Gasteiger partial charge in [-0.3, -0.25) is 4.79 Å². The maximum Gasteiger partial charge on any atom is 0.252 e. The fourth-order valence-electron chi connectivity index (χ4n) is 2.99. The average molecular weight is 379 g/mol. The largest absolute Gasteiger partial charge is 0.313 e. The molecule has 132 valence electrons.